The summed E-state index contributed by atoms with van der Waals surface area (Å²) in [6, 6.07) is 2.15. The Morgan fingerprint density at radius 1 is 1.19 bits per heavy atom. The molecule has 2 N–H and O–H groups in total. The van der Waals surface area contributed by atoms with Crippen LogP contribution in [-0.4, -0.2) is 23.0 Å². The summed E-state index contributed by atoms with van der Waals surface area (Å²) in [5.74, 6) is -3.67. The Morgan fingerprint density at radius 3 is 2.62 bits per heavy atom. The van der Waals surface area contributed by atoms with E-state index in [0.717, 1.165) is 37.5 Å². The van der Waals surface area contributed by atoms with Crippen LogP contribution in [0, 0.1) is 29.4 Å². The third kappa shape index (κ3) is 2.39. The number of amides is 1. The molecule has 0 aromatic heterocycles. The number of halogens is 2. The van der Waals surface area contributed by atoms with E-state index < -0.39 is 35.5 Å². The molecule has 3 rings (SSSR count). The number of carbonyl (C=O) groups excluding carboxylic acids is 1. The Labute approximate surface area is 120 Å². The van der Waals surface area contributed by atoms with Crippen molar-refractivity contribution in [3.05, 3.63) is 35.4 Å². The summed E-state index contributed by atoms with van der Waals surface area (Å²) in [5.41, 5.74) is -0.387. The number of nitrogens with one attached hydrogen (secondary N) is 1. The maximum absolute atomic E-state index is 13.6. The van der Waals surface area contributed by atoms with Gasteiger partial charge in [0.25, 0.3) is 5.91 Å². The Bertz CT molecular complexity index is 605. The summed E-state index contributed by atoms with van der Waals surface area (Å²) in [4.78, 5) is 23.5. The van der Waals surface area contributed by atoms with E-state index in [4.69, 9.17) is 0 Å². The SMILES string of the molecule is O=C(NC1C2CCC(C2)C1C(=O)O)c1cc(F)ccc1F. The molecule has 2 fully saturated rings. The van der Waals surface area contributed by atoms with Crippen molar-refractivity contribution in [3.8, 4) is 0 Å². The van der Waals surface area contributed by atoms with E-state index in [1.54, 1.807) is 0 Å². The number of carboxylic acids is 1. The fourth-order valence-electron chi connectivity index (χ4n) is 3.75. The first-order valence-electron chi connectivity index (χ1n) is 6.96. The first-order chi connectivity index (χ1) is 9.97. The molecule has 0 aliphatic heterocycles. The molecule has 2 saturated carbocycles. The van der Waals surface area contributed by atoms with E-state index in [1.807, 2.05) is 0 Å². The highest BCUT2D eigenvalue weighted by molar-refractivity contribution is 5.95. The number of hydrogen-bond acceptors (Lipinski definition) is 2. The monoisotopic (exact) mass is 295 g/mol. The van der Waals surface area contributed by atoms with Crippen LogP contribution >= 0.6 is 0 Å². The van der Waals surface area contributed by atoms with Crippen LogP contribution in [0.2, 0.25) is 0 Å². The summed E-state index contributed by atoms with van der Waals surface area (Å²) < 4.78 is 26.7. The van der Waals surface area contributed by atoms with Crippen molar-refractivity contribution in [1.29, 1.82) is 0 Å². The molecule has 1 amide bonds. The first kappa shape index (κ1) is 14.0. The van der Waals surface area contributed by atoms with Gasteiger partial charge in [-0.3, -0.25) is 9.59 Å². The van der Waals surface area contributed by atoms with E-state index in [1.165, 1.54) is 0 Å². The third-order valence-corrected chi connectivity index (χ3v) is 4.67. The van der Waals surface area contributed by atoms with Crippen molar-refractivity contribution in [2.75, 3.05) is 0 Å². The summed E-state index contributed by atoms with van der Waals surface area (Å²) in [6.45, 7) is 0. The quantitative estimate of drug-likeness (QED) is 0.898. The Kier molecular flexibility index (Phi) is 3.39. The molecule has 0 heterocycles. The number of hydrogen-bond donors (Lipinski definition) is 2. The zero-order valence-corrected chi connectivity index (χ0v) is 11.2. The fraction of sp³-hybridized carbons (Fsp3) is 0.467. The minimum absolute atomic E-state index is 0.0650. The van der Waals surface area contributed by atoms with Crippen molar-refractivity contribution in [3.63, 3.8) is 0 Å². The molecule has 2 aliphatic carbocycles. The summed E-state index contributed by atoms with van der Waals surface area (Å²) in [6.07, 6.45) is 2.49. The van der Waals surface area contributed by atoms with Gasteiger partial charge in [0.1, 0.15) is 11.6 Å². The Hall–Kier alpha value is -1.98. The number of carboxylic acid groups (broad SMARTS) is 1. The Morgan fingerprint density at radius 2 is 1.90 bits per heavy atom. The van der Waals surface area contributed by atoms with Gasteiger partial charge in [-0.25, -0.2) is 8.78 Å². The van der Waals surface area contributed by atoms with Gasteiger partial charge in [-0.15, -0.1) is 0 Å². The van der Waals surface area contributed by atoms with Gasteiger partial charge < -0.3 is 10.4 Å². The summed E-state index contributed by atoms with van der Waals surface area (Å²) in [5, 5.41) is 11.9. The lowest BCUT2D eigenvalue weighted by Crippen LogP contribution is -2.47. The van der Waals surface area contributed by atoms with Gasteiger partial charge in [0, 0.05) is 6.04 Å². The highest BCUT2D eigenvalue weighted by Crippen LogP contribution is 2.48. The predicted octanol–water partition coefficient (Wildman–Crippen LogP) is 2.19. The number of fused-ring (bicyclic) bond motifs is 2. The maximum Gasteiger partial charge on any atom is 0.308 e. The molecule has 4 atom stereocenters. The zero-order valence-electron chi connectivity index (χ0n) is 11.2. The van der Waals surface area contributed by atoms with Gasteiger partial charge in [0.05, 0.1) is 11.5 Å². The molecule has 0 saturated heterocycles. The average molecular weight is 295 g/mol. The van der Waals surface area contributed by atoms with Crippen LogP contribution in [0.3, 0.4) is 0 Å². The minimum atomic E-state index is -0.938. The first-order valence-corrected chi connectivity index (χ1v) is 6.96. The second-order valence-corrected chi connectivity index (χ2v) is 5.82. The van der Waals surface area contributed by atoms with Crippen LogP contribution < -0.4 is 5.32 Å². The fourth-order valence-corrected chi connectivity index (χ4v) is 3.75. The summed E-state index contributed by atoms with van der Waals surface area (Å²) in [7, 11) is 0. The van der Waals surface area contributed by atoms with Gasteiger partial charge >= 0.3 is 5.97 Å². The van der Waals surface area contributed by atoms with E-state index in [2.05, 4.69) is 5.32 Å². The van der Waals surface area contributed by atoms with Crippen LogP contribution in [-0.2, 0) is 4.79 Å². The highest BCUT2D eigenvalue weighted by atomic mass is 19.1. The second kappa shape index (κ2) is 5.09. The van der Waals surface area contributed by atoms with Crippen LogP contribution in [0.4, 0.5) is 8.78 Å². The lowest BCUT2D eigenvalue weighted by atomic mass is 9.84. The van der Waals surface area contributed by atoms with Crippen molar-refractivity contribution < 1.29 is 23.5 Å². The van der Waals surface area contributed by atoms with Gasteiger partial charge in [-0.2, -0.15) is 0 Å². The highest BCUT2D eigenvalue weighted by Gasteiger charge is 2.51. The molecule has 21 heavy (non-hydrogen) atoms. The second-order valence-electron chi connectivity index (χ2n) is 5.82. The Balaban J connectivity index is 1.81. The van der Waals surface area contributed by atoms with Crippen LogP contribution in [0.1, 0.15) is 29.6 Å². The standard InChI is InChI=1S/C15H15F2NO3/c16-9-3-4-11(17)10(6-9)14(19)18-13-8-2-1-7(5-8)12(13)15(20)21/h3-4,6-8,12-13H,1-2,5H2,(H,18,19)(H,20,21). The smallest absolute Gasteiger partial charge is 0.308 e. The van der Waals surface area contributed by atoms with Crippen LogP contribution in [0.25, 0.3) is 0 Å². The van der Waals surface area contributed by atoms with E-state index in [9.17, 15) is 23.5 Å². The number of rotatable bonds is 3. The lowest BCUT2D eigenvalue weighted by Gasteiger charge is -2.28. The molecule has 6 heteroatoms. The van der Waals surface area contributed by atoms with Gasteiger partial charge in [0.15, 0.2) is 0 Å². The number of benzene rings is 1. The summed E-state index contributed by atoms with van der Waals surface area (Å²) >= 11 is 0. The van der Waals surface area contributed by atoms with Crippen LogP contribution in [0.15, 0.2) is 18.2 Å². The van der Waals surface area contributed by atoms with E-state index in [-0.39, 0.29) is 17.4 Å². The molecule has 0 spiro atoms. The van der Waals surface area contributed by atoms with Gasteiger partial charge in [0.2, 0.25) is 0 Å². The molecule has 2 bridgehead atoms. The number of carbonyl (C=O) groups is 2. The molecule has 2 aliphatic rings. The molecule has 1 aromatic rings. The zero-order chi connectivity index (χ0) is 15.1. The molecule has 1 aromatic carbocycles. The maximum atomic E-state index is 13.6. The molecular weight excluding hydrogens is 280 g/mol. The van der Waals surface area contributed by atoms with Crippen LogP contribution in [0.5, 0.6) is 0 Å². The van der Waals surface area contributed by atoms with Crippen molar-refractivity contribution in [2.24, 2.45) is 17.8 Å². The van der Waals surface area contributed by atoms with Gasteiger partial charge in [-0.05, 0) is 49.3 Å². The number of aliphatic carboxylic acids is 1. The molecule has 4 nitrogen and oxygen atoms in total. The molecule has 4 unspecified atom stereocenters. The van der Waals surface area contributed by atoms with Crippen molar-refractivity contribution >= 4 is 11.9 Å². The largest absolute Gasteiger partial charge is 0.481 e. The van der Waals surface area contributed by atoms with E-state index >= 15 is 0 Å². The normalized spacial score (nSPS) is 30.4. The molecule has 0 radical (unpaired) electrons. The predicted molar refractivity (Wildman–Crippen MR) is 69.6 cm³/mol. The lowest BCUT2D eigenvalue weighted by molar-refractivity contribution is -0.144. The van der Waals surface area contributed by atoms with Crippen molar-refractivity contribution in [2.45, 2.75) is 25.3 Å². The topological polar surface area (TPSA) is 66.4 Å². The van der Waals surface area contributed by atoms with E-state index in [0.29, 0.717) is 0 Å². The van der Waals surface area contributed by atoms with Crippen molar-refractivity contribution in [1.82, 2.24) is 5.32 Å². The van der Waals surface area contributed by atoms with Gasteiger partial charge in [-0.1, -0.05) is 0 Å². The minimum Gasteiger partial charge on any atom is -0.481 e. The third-order valence-electron chi connectivity index (χ3n) is 4.67. The average Bonchev–Trinajstić information content (AvgIpc) is 3.02. The molecular formula is C15H15F2NO3. The molecule has 112 valence electrons.